The van der Waals surface area contributed by atoms with Crippen molar-refractivity contribution in [2.75, 3.05) is 6.54 Å². The molecule has 2 aromatic rings. The van der Waals surface area contributed by atoms with Crippen LogP contribution in [-0.4, -0.2) is 44.7 Å². The van der Waals surface area contributed by atoms with Crippen LogP contribution in [0.4, 0.5) is 0 Å². The minimum absolute atomic E-state index is 0.112. The molecule has 2 aliphatic rings. The van der Waals surface area contributed by atoms with E-state index in [0.717, 1.165) is 31.2 Å². The van der Waals surface area contributed by atoms with E-state index in [9.17, 15) is 4.79 Å². The van der Waals surface area contributed by atoms with Crippen molar-refractivity contribution in [1.82, 2.24) is 30.8 Å². The summed E-state index contributed by atoms with van der Waals surface area (Å²) in [4.78, 5) is 13.7. The molecule has 7 nitrogen and oxygen atoms in total. The highest BCUT2D eigenvalue weighted by molar-refractivity contribution is 5.78. The number of tetrazole rings is 1. The van der Waals surface area contributed by atoms with Crippen molar-refractivity contribution in [1.29, 1.82) is 0 Å². The Morgan fingerprint density at radius 1 is 1.04 bits per heavy atom. The molecular formula is C18H24N6O. The highest BCUT2D eigenvalue weighted by Crippen LogP contribution is 2.28. The lowest BCUT2D eigenvalue weighted by Crippen LogP contribution is -2.42. The van der Waals surface area contributed by atoms with Crippen molar-refractivity contribution in [3.8, 4) is 11.4 Å². The van der Waals surface area contributed by atoms with Crippen LogP contribution in [0.5, 0.6) is 0 Å². The lowest BCUT2D eigenvalue weighted by atomic mass is 9.91. The second kappa shape index (κ2) is 7.31. The summed E-state index contributed by atoms with van der Waals surface area (Å²) >= 11 is 0. The van der Waals surface area contributed by atoms with E-state index in [0.29, 0.717) is 18.4 Å². The fourth-order valence-corrected chi connectivity index (χ4v) is 3.34. The first-order chi connectivity index (χ1) is 12.3. The van der Waals surface area contributed by atoms with Gasteiger partial charge < -0.3 is 10.6 Å². The second-order valence-corrected chi connectivity index (χ2v) is 7.03. The molecule has 7 heteroatoms. The van der Waals surface area contributed by atoms with Crippen LogP contribution < -0.4 is 10.6 Å². The van der Waals surface area contributed by atoms with E-state index >= 15 is 0 Å². The molecule has 2 saturated carbocycles. The molecule has 25 heavy (non-hydrogen) atoms. The quantitative estimate of drug-likeness (QED) is 0.836. The number of benzene rings is 1. The van der Waals surface area contributed by atoms with Gasteiger partial charge in [0.2, 0.25) is 11.7 Å². The molecule has 0 atom stereocenters. The molecule has 1 heterocycles. The van der Waals surface area contributed by atoms with E-state index in [4.69, 9.17) is 0 Å². The average Bonchev–Trinajstić information content (AvgIpc) is 3.36. The first-order valence-electron chi connectivity index (χ1n) is 9.15. The lowest BCUT2D eigenvalue weighted by Gasteiger charge is -2.28. The third-order valence-corrected chi connectivity index (χ3v) is 4.98. The number of amides is 1. The summed E-state index contributed by atoms with van der Waals surface area (Å²) in [7, 11) is 0. The summed E-state index contributed by atoms with van der Waals surface area (Å²) in [5.41, 5.74) is 0.984. The van der Waals surface area contributed by atoms with E-state index < -0.39 is 0 Å². The number of hydrogen-bond acceptors (Lipinski definition) is 5. The molecule has 1 aromatic carbocycles. The van der Waals surface area contributed by atoms with Crippen LogP contribution in [0, 0.1) is 0 Å². The average molecular weight is 340 g/mol. The van der Waals surface area contributed by atoms with E-state index in [2.05, 4.69) is 26.0 Å². The predicted octanol–water partition coefficient (Wildman–Crippen LogP) is 1.69. The van der Waals surface area contributed by atoms with Crippen LogP contribution in [-0.2, 0) is 4.79 Å². The molecule has 132 valence electrons. The van der Waals surface area contributed by atoms with E-state index in [1.807, 2.05) is 30.3 Å². The summed E-state index contributed by atoms with van der Waals surface area (Å²) in [6.07, 6.45) is 6.25. The number of carbonyl (C=O) groups is 1. The number of nitrogens with zero attached hydrogens (tertiary/aromatic N) is 4. The van der Waals surface area contributed by atoms with Crippen LogP contribution >= 0.6 is 0 Å². The minimum atomic E-state index is 0.112. The number of nitrogens with one attached hydrogen (secondary N) is 2. The van der Waals surface area contributed by atoms with Crippen molar-refractivity contribution in [2.24, 2.45) is 0 Å². The minimum Gasteiger partial charge on any atom is -0.352 e. The molecule has 0 saturated heterocycles. The molecule has 2 fully saturated rings. The predicted molar refractivity (Wildman–Crippen MR) is 93.7 cm³/mol. The molecule has 2 aliphatic carbocycles. The highest BCUT2D eigenvalue weighted by atomic mass is 16.2. The number of carbonyl (C=O) groups excluding carboxylic acids is 1. The van der Waals surface area contributed by atoms with Gasteiger partial charge >= 0.3 is 0 Å². The summed E-state index contributed by atoms with van der Waals surface area (Å²) in [5, 5.41) is 19.4. The van der Waals surface area contributed by atoms with Gasteiger partial charge in [0, 0.05) is 17.6 Å². The maximum atomic E-state index is 11.9. The zero-order chi connectivity index (χ0) is 17.1. The Kier molecular flexibility index (Phi) is 4.74. The molecule has 4 rings (SSSR count). The number of hydrogen-bond donors (Lipinski definition) is 2. The van der Waals surface area contributed by atoms with E-state index in [-0.39, 0.29) is 18.0 Å². The zero-order valence-electron chi connectivity index (χ0n) is 14.3. The normalized spacial score (nSPS) is 23.4. The van der Waals surface area contributed by atoms with Crippen LogP contribution in [0.1, 0.15) is 44.6 Å². The lowest BCUT2D eigenvalue weighted by molar-refractivity contribution is -0.121. The zero-order valence-corrected chi connectivity index (χ0v) is 14.3. The largest absolute Gasteiger partial charge is 0.352 e. The molecule has 0 aliphatic heterocycles. The fourth-order valence-electron chi connectivity index (χ4n) is 3.34. The molecule has 2 N–H and O–H groups in total. The third kappa shape index (κ3) is 4.22. The summed E-state index contributed by atoms with van der Waals surface area (Å²) < 4.78 is 0. The van der Waals surface area contributed by atoms with Gasteiger partial charge in [0.1, 0.15) is 0 Å². The summed E-state index contributed by atoms with van der Waals surface area (Å²) in [6, 6.07) is 11.0. The summed E-state index contributed by atoms with van der Waals surface area (Å²) in [5.74, 6) is 0.780. The molecule has 0 unspecified atom stereocenters. The number of rotatable bonds is 6. The Hall–Kier alpha value is -2.28. The van der Waals surface area contributed by atoms with Gasteiger partial charge in [-0.25, -0.2) is 0 Å². The molecular weight excluding hydrogens is 316 g/mol. The molecule has 0 radical (unpaired) electrons. The molecule has 0 spiro atoms. The van der Waals surface area contributed by atoms with Crippen molar-refractivity contribution in [3.05, 3.63) is 30.3 Å². The topological polar surface area (TPSA) is 84.7 Å². The Balaban J connectivity index is 1.27. The van der Waals surface area contributed by atoms with Crippen LogP contribution in [0.15, 0.2) is 30.3 Å². The van der Waals surface area contributed by atoms with Gasteiger partial charge in [-0.3, -0.25) is 4.79 Å². The van der Waals surface area contributed by atoms with Gasteiger partial charge in [-0.2, -0.15) is 4.80 Å². The van der Waals surface area contributed by atoms with Gasteiger partial charge in [-0.1, -0.05) is 30.3 Å². The van der Waals surface area contributed by atoms with Crippen LogP contribution in [0.3, 0.4) is 0 Å². The van der Waals surface area contributed by atoms with E-state index in [1.165, 1.54) is 12.8 Å². The standard InChI is InChI=1S/C18H24N6O/c25-17(12-19-14-6-7-14)20-15-8-10-16(11-9-15)24-22-18(21-23-24)13-4-2-1-3-5-13/h1-5,14-16,19H,6-12H2,(H,20,25). The Labute approximate surface area is 147 Å². The van der Waals surface area contributed by atoms with E-state index in [1.54, 1.807) is 4.80 Å². The van der Waals surface area contributed by atoms with Gasteiger partial charge in [-0.05, 0) is 43.7 Å². The first kappa shape index (κ1) is 16.2. The van der Waals surface area contributed by atoms with Crippen molar-refractivity contribution >= 4 is 5.91 Å². The monoisotopic (exact) mass is 340 g/mol. The first-order valence-corrected chi connectivity index (χ1v) is 9.15. The maximum absolute atomic E-state index is 11.9. The maximum Gasteiger partial charge on any atom is 0.234 e. The van der Waals surface area contributed by atoms with Crippen molar-refractivity contribution in [2.45, 2.75) is 56.7 Å². The third-order valence-electron chi connectivity index (χ3n) is 4.98. The van der Waals surface area contributed by atoms with Gasteiger partial charge in [-0.15, -0.1) is 10.2 Å². The molecule has 1 amide bonds. The Morgan fingerprint density at radius 2 is 1.76 bits per heavy atom. The van der Waals surface area contributed by atoms with Gasteiger partial charge in [0.05, 0.1) is 12.6 Å². The SMILES string of the molecule is O=C(CNC1CC1)NC1CCC(n2nnc(-c3ccccc3)n2)CC1. The highest BCUT2D eigenvalue weighted by Gasteiger charge is 2.26. The molecule has 1 aromatic heterocycles. The fraction of sp³-hybridized carbons (Fsp3) is 0.556. The van der Waals surface area contributed by atoms with Crippen LogP contribution in [0.2, 0.25) is 0 Å². The Bertz CT molecular complexity index is 703. The smallest absolute Gasteiger partial charge is 0.234 e. The Morgan fingerprint density at radius 3 is 2.48 bits per heavy atom. The van der Waals surface area contributed by atoms with Gasteiger partial charge in [0.25, 0.3) is 0 Å². The molecule has 0 bridgehead atoms. The van der Waals surface area contributed by atoms with Crippen LogP contribution in [0.25, 0.3) is 11.4 Å². The number of aromatic nitrogens is 4. The van der Waals surface area contributed by atoms with Gasteiger partial charge in [0.15, 0.2) is 0 Å². The van der Waals surface area contributed by atoms with Crippen molar-refractivity contribution < 1.29 is 4.79 Å². The second-order valence-electron chi connectivity index (χ2n) is 7.03. The van der Waals surface area contributed by atoms with Crippen molar-refractivity contribution in [3.63, 3.8) is 0 Å². The summed E-state index contributed by atoms with van der Waals surface area (Å²) in [6.45, 7) is 0.440.